The maximum absolute atomic E-state index is 13.8. The van der Waals surface area contributed by atoms with Crippen molar-refractivity contribution >= 4 is 22.9 Å². The first kappa shape index (κ1) is 12.4. The van der Waals surface area contributed by atoms with Gasteiger partial charge >= 0.3 is 0 Å². The zero-order chi connectivity index (χ0) is 12.6. The van der Waals surface area contributed by atoms with Crippen LogP contribution >= 0.6 is 22.9 Å². The van der Waals surface area contributed by atoms with Gasteiger partial charge in [0.1, 0.15) is 16.6 Å². The molecule has 0 saturated heterocycles. The van der Waals surface area contributed by atoms with Gasteiger partial charge in [-0.1, -0.05) is 17.4 Å². The Balaban J connectivity index is 2.56. The lowest BCUT2D eigenvalue weighted by Gasteiger charge is -2.03. The lowest BCUT2D eigenvalue weighted by Crippen LogP contribution is -1.92. The highest BCUT2D eigenvalue weighted by molar-refractivity contribution is 7.15. The quantitative estimate of drug-likeness (QED) is 0.771. The average molecular weight is 275 g/mol. The number of rotatable bonds is 2. The van der Waals surface area contributed by atoms with Crippen LogP contribution in [-0.4, -0.2) is 10.2 Å². The molecule has 1 unspecified atom stereocenters. The highest BCUT2D eigenvalue weighted by atomic mass is 35.5. The minimum atomic E-state index is -0.641. The summed E-state index contributed by atoms with van der Waals surface area (Å²) in [5, 5.41) is 8.02. The molecule has 6 heteroatoms. The average Bonchev–Trinajstić information content (AvgIpc) is 2.73. The van der Waals surface area contributed by atoms with Crippen LogP contribution in [0.2, 0.25) is 0 Å². The molecule has 0 bridgehead atoms. The second kappa shape index (κ2) is 4.66. The summed E-state index contributed by atoms with van der Waals surface area (Å²) >= 11 is 6.93. The Bertz CT molecular complexity index is 554. The normalized spacial score (nSPS) is 12.8. The Morgan fingerprint density at radius 1 is 1.29 bits per heavy atom. The highest BCUT2D eigenvalue weighted by Gasteiger charge is 2.19. The Morgan fingerprint density at radius 2 is 2.00 bits per heavy atom. The topological polar surface area (TPSA) is 25.8 Å². The maximum Gasteiger partial charge on any atom is 0.153 e. The fourth-order valence-electron chi connectivity index (χ4n) is 1.35. The van der Waals surface area contributed by atoms with Gasteiger partial charge in [0.15, 0.2) is 5.01 Å². The van der Waals surface area contributed by atoms with Gasteiger partial charge in [-0.05, 0) is 25.5 Å². The summed E-state index contributed by atoms with van der Waals surface area (Å²) in [4.78, 5) is 0. The van der Waals surface area contributed by atoms with Crippen LogP contribution in [0.4, 0.5) is 8.78 Å². The minimum Gasteiger partial charge on any atom is -0.206 e. The van der Waals surface area contributed by atoms with E-state index >= 15 is 0 Å². The number of halogens is 3. The van der Waals surface area contributed by atoms with Crippen LogP contribution in [0, 0.1) is 18.6 Å². The van der Waals surface area contributed by atoms with E-state index in [-0.39, 0.29) is 15.9 Å². The van der Waals surface area contributed by atoms with Crippen molar-refractivity contribution in [1.29, 1.82) is 0 Å². The zero-order valence-corrected chi connectivity index (χ0v) is 10.7. The molecule has 0 spiro atoms. The van der Waals surface area contributed by atoms with E-state index < -0.39 is 11.6 Å². The first-order chi connectivity index (χ1) is 8.00. The molecule has 0 fully saturated rings. The molecule has 90 valence electrons. The maximum atomic E-state index is 13.8. The molecule has 0 saturated carbocycles. The molecule has 1 aromatic heterocycles. The summed E-state index contributed by atoms with van der Waals surface area (Å²) < 4.78 is 27.4. The molecule has 0 aliphatic carbocycles. The number of hydrogen-bond acceptors (Lipinski definition) is 3. The molecule has 1 heterocycles. The zero-order valence-electron chi connectivity index (χ0n) is 9.17. The SMILES string of the molecule is Cc1ccc(F)c(-c2nnc(C(C)Cl)s2)c1F. The summed E-state index contributed by atoms with van der Waals surface area (Å²) in [5.41, 5.74) is 0.239. The Labute approximate surface area is 106 Å². The molecule has 2 rings (SSSR count). The summed E-state index contributed by atoms with van der Waals surface area (Å²) in [6, 6.07) is 2.61. The van der Waals surface area contributed by atoms with E-state index in [0.717, 1.165) is 11.3 Å². The van der Waals surface area contributed by atoms with E-state index in [2.05, 4.69) is 10.2 Å². The van der Waals surface area contributed by atoms with Gasteiger partial charge in [-0.3, -0.25) is 0 Å². The first-order valence-corrected chi connectivity index (χ1v) is 6.18. The molecule has 2 nitrogen and oxygen atoms in total. The fourth-order valence-corrected chi connectivity index (χ4v) is 2.34. The van der Waals surface area contributed by atoms with Gasteiger partial charge in [0.05, 0.1) is 10.9 Å². The van der Waals surface area contributed by atoms with Gasteiger partial charge < -0.3 is 0 Å². The van der Waals surface area contributed by atoms with Crippen molar-refractivity contribution in [3.05, 3.63) is 34.3 Å². The van der Waals surface area contributed by atoms with Crippen LogP contribution in [-0.2, 0) is 0 Å². The van der Waals surface area contributed by atoms with Crippen molar-refractivity contribution in [2.45, 2.75) is 19.2 Å². The van der Waals surface area contributed by atoms with Crippen molar-refractivity contribution in [2.24, 2.45) is 0 Å². The third kappa shape index (κ3) is 2.30. The van der Waals surface area contributed by atoms with Crippen LogP contribution in [0.3, 0.4) is 0 Å². The summed E-state index contributed by atoms with van der Waals surface area (Å²) in [6.07, 6.45) is 0. The third-order valence-corrected chi connectivity index (χ3v) is 3.74. The lowest BCUT2D eigenvalue weighted by molar-refractivity contribution is 0.583. The van der Waals surface area contributed by atoms with Crippen LogP contribution < -0.4 is 0 Å². The van der Waals surface area contributed by atoms with Crippen molar-refractivity contribution in [1.82, 2.24) is 10.2 Å². The highest BCUT2D eigenvalue weighted by Crippen LogP contribution is 2.33. The fraction of sp³-hybridized carbons (Fsp3) is 0.273. The minimum absolute atomic E-state index is 0.133. The van der Waals surface area contributed by atoms with Gasteiger partial charge in [-0.15, -0.1) is 21.8 Å². The predicted octanol–water partition coefficient (Wildman–Crippen LogP) is 4.09. The van der Waals surface area contributed by atoms with Crippen molar-refractivity contribution in [2.75, 3.05) is 0 Å². The first-order valence-electron chi connectivity index (χ1n) is 4.93. The molecule has 0 amide bonds. The monoisotopic (exact) mass is 274 g/mol. The predicted molar refractivity (Wildman–Crippen MR) is 64.3 cm³/mol. The van der Waals surface area contributed by atoms with Gasteiger partial charge in [0.2, 0.25) is 0 Å². The molecule has 0 radical (unpaired) electrons. The third-order valence-electron chi connectivity index (χ3n) is 2.28. The molecule has 1 atom stereocenters. The van der Waals surface area contributed by atoms with E-state index in [1.54, 1.807) is 13.8 Å². The standard InChI is InChI=1S/C11H9ClF2N2S/c1-5-3-4-7(13)8(9(5)14)11-16-15-10(17-11)6(2)12/h3-4,6H,1-2H3. The number of aryl methyl sites for hydroxylation is 1. The molecule has 0 N–H and O–H groups in total. The Morgan fingerprint density at radius 3 is 2.59 bits per heavy atom. The van der Waals surface area contributed by atoms with E-state index in [1.165, 1.54) is 12.1 Å². The van der Waals surface area contributed by atoms with Gasteiger partial charge in [-0.25, -0.2) is 8.78 Å². The van der Waals surface area contributed by atoms with Crippen LogP contribution in [0.1, 0.15) is 22.9 Å². The largest absolute Gasteiger partial charge is 0.206 e. The number of benzene rings is 1. The number of hydrogen-bond donors (Lipinski definition) is 0. The lowest BCUT2D eigenvalue weighted by atomic mass is 10.1. The Hall–Kier alpha value is -1.07. The summed E-state index contributed by atoms with van der Waals surface area (Å²) in [5.74, 6) is -1.24. The van der Waals surface area contributed by atoms with Gasteiger partial charge in [-0.2, -0.15) is 0 Å². The molecule has 2 aromatic rings. The van der Waals surface area contributed by atoms with Gasteiger partial charge in [0, 0.05) is 0 Å². The van der Waals surface area contributed by atoms with Crippen molar-refractivity contribution in [3.8, 4) is 10.6 Å². The Kier molecular flexibility index (Phi) is 3.40. The molecule has 17 heavy (non-hydrogen) atoms. The summed E-state index contributed by atoms with van der Waals surface area (Å²) in [7, 11) is 0. The van der Waals surface area contributed by atoms with E-state index in [9.17, 15) is 8.78 Å². The molecule has 1 aromatic carbocycles. The molecular formula is C11H9ClF2N2S. The van der Waals surface area contributed by atoms with E-state index in [1.807, 2.05) is 0 Å². The summed E-state index contributed by atoms with van der Waals surface area (Å²) in [6.45, 7) is 3.30. The second-order valence-electron chi connectivity index (χ2n) is 3.61. The van der Waals surface area contributed by atoms with E-state index in [0.29, 0.717) is 10.6 Å². The molecular weight excluding hydrogens is 266 g/mol. The van der Waals surface area contributed by atoms with Crippen LogP contribution in [0.5, 0.6) is 0 Å². The number of alkyl halides is 1. The van der Waals surface area contributed by atoms with Crippen molar-refractivity contribution < 1.29 is 8.78 Å². The van der Waals surface area contributed by atoms with Crippen LogP contribution in [0.25, 0.3) is 10.6 Å². The number of aromatic nitrogens is 2. The van der Waals surface area contributed by atoms with Crippen LogP contribution in [0.15, 0.2) is 12.1 Å². The van der Waals surface area contributed by atoms with E-state index in [4.69, 9.17) is 11.6 Å². The number of nitrogens with zero attached hydrogens (tertiary/aromatic N) is 2. The smallest absolute Gasteiger partial charge is 0.153 e. The van der Waals surface area contributed by atoms with Crippen molar-refractivity contribution in [3.63, 3.8) is 0 Å². The second-order valence-corrected chi connectivity index (χ2v) is 5.28. The molecule has 0 aliphatic rings. The molecule has 0 aliphatic heterocycles. The van der Waals surface area contributed by atoms with Gasteiger partial charge in [0.25, 0.3) is 0 Å².